The van der Waals surface area contributed by atoms with Gasteiger partial charge >= 0.3 is 0 Å². The van der Waals surface area contributed by atoms with Crippen molar-refractivity contribution in [2.24, 2.45) is 5.92 Å². The lowest BCUT2D eigenvalue weighted by Crippen LogP contribution is -2.40. The van der Waals surface area contributed by atoms with Crippen molar-refractivity contribution < 1.29 is 14.6 Å². The van der Waals surface area contributed by atoms with E-state index in [0.717, 1.165) is 40.6 Å². The number of carbonyl (C=O) groups is 1. The van der Waals surface area contributed by atoms with Gasteiger partial charge in [-0.1, -0.05) is 35.3 Å². The van der Waals surface area contributed by atoms with Crippen LogP contribution in [0.3, 0.4) is 0 Å². The van der Waals surface area contributed by atoms with Crippen molar-refractivity contribution in [3.63, 3.8) is 0 Å². The Morgan fingerprint density at radius 2 is 1.91 bits per heavy atom. The van der Waals surface area contributed by atoms with Crippen LogP contribution in [0.5, 0.6) is 5.75 Å². The van der Waals surface area contributed by atoms with E-state index < -0.39 is 6.10 Å². The molecule has 0 radical (unpaired) electrons. The summed E-state index contributed by atoms with van der Waals surface area (Å²) in [4.78, 5) is 17.8. The van der Waals surface area contributed by atoms with Gasteiger partial charge in [-0.2, -0.15) is 0 Å². The first-order valence-electron chi connectivity index (χ1n) is 11.5. The van der Waals surface area contributed by atoms with E-state index in [2.05, 4.69) is 10.7 Å². The first-order valence-corrected chi connectivity index (χ1v) is 13.2. The quantitative estimate of drug-likeness (QED) is 0.442. The fraction of sp³-hybridized carbons (Fsp3) is 0.385. The van der Waals surface area contributed by atoms with Crippen LogP contribution in [-0.4, -0.2) is 28.1 Å². The number of nitrogens with zero attached hydrogens (tertiary/aromatic N) is 1. The number of aliphatic hydroxyl groups is 1. The average molecular weight is 515 g/mol. The van der Waals surface area contributed by atoms with Crippen LogP contribution in [0, 0.1) is 5.92 Å². The maximum Gasteiger partial charge on any atom is 0.223 e. The van der Waals surface area contributed by atoms with Crippen LogP contribution >= 0.6 is 34.5 Å². The Morgan fingerprint density at radius 1 is 1.15 bits per heavy atom. The number of nitrogens with one attached hydrogen (secondary N) is 1. The first kappa shape index (κ1) is 22.4. The second kappa shape index (κ2) is 8.52. The molecule has 3 aliphatic carbocycles. The number of benzene rings is 2. The molecule has 3 fully saturated rings. The van der Waals surface area contributed by atoms with E-state index in [4.69, 9.17) is 32.9 Å². The minimum Gasteiger partial charge on any atom is -0.489 e. The lowest BCUT2D eigenvalue weighted by molar-refractivity contribution is -0.124. The molecule has 2 bridgehead atoms. The summed E-state index contributed by atoms with van der Waals surface area (Å²) in [5.74, 6) is 1.07. The van der Waals surface area contributed by atoms with Gasteiger partial charge in [0.05, 0.1) is 18.2 Å². The first-order chi connectivity index (χ1) is 16.4. The van der Waals surface area contributed by atoms with Crippen molar-refractivity contribution in [1.82, 2.24) is 10.3 Å². The van der Waals surface area contributed by atoms with E-state index >= 15 is 0 Å². The van der Waals surface area contributed by atoms with E-state index in [0.29, 0.717) is 28.7 Å². The van der Waals surface area contributed by atoms with E-state index in [-0.39, 0.29) is 29.9 Å². The number of carbonyl (C=O) groups excluding carboxylic acids is 1. The van der Waals surface area contributed by atoms with Crippen molar-refractivity contribution in [2.75, 3.05) is 0 Å². The molecule has 34 heavy (non-hydrogen) atoms. The van der Waals surface area contributed by atoms with E-state index in [1.807, 2.05) is 24.3 Å². The molecular formula is C26H24Cl2N2O3S. The second-order valence-electron chi connectivity index (χ2n) is 9.75. The Bertz CT molecular complexity index is 1240. The maximum absolute atomic E-state index is 12.8. The highest BCUT2D eigenvalue weighted by molar-refractivity contribution is 7.13. The molecule has 2 heterocycles. The molecule has 1 aliphatic heterocycles. The topological polar surface area (TPSA) is 71.5 Å². The van der Waals surface area contributed by atoms with Crippen LogP contribution in [0.2, 0.25) is 10.0 Å². The molecule has 2 N–H and O–H groups in total. The van der Waals surface area contributed by atoms with Crippen LogP contribution < -0.4 is 10.1 Å². The number of amides is 1. The number of fused-ring (bicyclic) bond motifs is 2. The van der Waals surface area contributed by atoms with Crippen molar-refractivity contribution >= 4 is 40.4 Å². The lowest BCUT2D eigenvalue weighted by Gasteiger charge is -2.37. The van der Waals surface area contributed by atoms with Crippen molar-refractivity contribution in [3.8, 4) is 16.3 Å². The van der Waals surface area contributed by atoms with Gasteiger partial charge in [-0.25, -0.2) is 4.98 Å². The molecule has 2 aromatic carbocycles. The Kier molecular flexibility index (Phi) is 5.60. The summed E-state index contributed by atoms with van der Waals surface area (Å²) in [6.07, 6.45) is 2.63. The summed E-state index contributed by atoms with van der Waals surface area (Å²) < 4.78 is 5.97. The van der Waals surface area contributed by atoms with Gasteiger partial charge in [0.25, 0.3) is 0 Å². The van der Waals surface area contributed by atoms with Gasteiger partial charge in [-0.05, 0) is 55.5 Å². The summed E-state index contributed by atoms with van der Waals surface area (Å²) in [6, 6.07) is 13.2. The number of thiazole rings is 1. The molecule has 3 saturated carbocycles. The van der Waals surface area contributed by atoms with Gasteiger partial charge in [-0.3, -0.25) is 4.79 Å². The minimum atomic E-state index is -0.678. The second-order valence-corrected chi connectivity index (χ2v) is 11.5. The van der Waals surface area contributed by atoms with E-state index in [9.17, 15) is 9.90 Å². The molecule has 1 amide bonds. The normalized spacial score (nSPS) is 29.1. The zero-order valence-electron chi connectivity index (χ0n) is 18.3. The monoisotopic (exact) mass is 514 g/mol. The summed E-state index contributed by atoms with van der Waals surface area (Å²) in [5.41, 5.74) is 2.97. The largest absolute Gasteiger partial charge is 0.489 e. The number of aromatic nitrogens is 1. The Balaban J connectivity index is 1.08. The van der Waals surface area contributed by atoms with E-state index in [1.54, 1.807) is 29.5 Å². The van der Waals surface area contributed by atoms with Gasteiger partial charge < -0.3 is 15.2 Å². The fourth-order valence-electron chi connectivity index (χ4n) is 5.80. The van der Waals surface area contributed by atoms with Crippen LogP contribution in [0.4, 0.5) is 0 Å². The van der Waals surface area contributed by atoms with Gasteiger partial charge in [-0.15, -0.1) is 11.3 Å². The Labute approximate surface area is 212 Å². The predicted molar refractivity (Wildman–Crippen MR) is 134 cm³/mol. The highest BCUT2D eigenvalue weighted by atomic mass is 35.5. The molecule has 0 spiro atoms. The van der Waals surface area contributed by atoms with Crippen molar-refractivity contribution in [1.29, 1.82) is 0 Å². The van der Waals surface area contributed by atoms with Crippen LogP contribution in [0.25, 0.3) is 10.6 Å². The standard InChI is InChI=1S/C26H24Cl2N2O3S/c27-16-3-1-14(2-4-16)25-30-23(13-34-25)26-10-15(11-26)20(12-26)29-24(32)9-18-8-21(31)19-7-17(28)5-6-22(19)33-18/h1-7,13,15,18,20-21,31H,8-12H2,(H,29,32)/t15?,18-,20?,21-,26?/m1/s1. The number of aliphatic hydroxyl groups excluding tert-OH is 1. The Morgan fingerprint density at radius 3 is 2.71 bits per heavy atom. The molecule has 7 rings (SSSR count). The zero-order valence-corrected chi connectivity index (χ0v) is 20.7. The van der Waals surface area contributed by atoms with Gasteiger partial charge in [0.1, 0.15) is 16.9 Å². The Hall–Kier alpha value is -2.12. The third-order valence-corrected chi connectivity index (χ3v) is 8.87. The number of ether oxygens (including phenoxy) is 1. The molecule has 3 aromatic rings. The molecule has 1 aromatic heterocycles. The average Bonchev–Trinajstić information content (AvgIpc) is 3.48. The smallest absolute Gasteiger partial charge is 0.223 e. The molecular weight excluding hydrogens is 491 g/mol. The highest BCUT2D eigenvalue weighted by Gasteiger charge is 2.58. The molecule has 176 valence electrons. The number of halogens is 2. The lowest BCUT2D eigenvalue weighted by atomic mass is 9.68. The molecule has 3 atom stereocenters. The number of rotatable bonds is 5. The molecule has 1 unspecified atom stereocenters. The minimum absolute atomic E-state index is 0.0255. The highest BCUT2D eigenvalue weighted by Crippen LogP contribution is 2.60. The van der Waals surface area contributed by atoms with Gasteiger partial charge in [0.2, 0.25) is 5.91 Å². The number of hydrogen-bond acceptors (Lipinski definition) is 5. The van der Waals surface area contributed by atoms with Gasteiger partial charge in [0.15, 0.2) is 0 Å². The summed E-state index contributed by atoms with van der Waals surface area (Å²) in [7, 11) is 0. The third-order valence-electron chi connectivity index (χ3n) is 7.49. The van der Waals surface area contributed by atoms with Gasteiger partial charge in [0, 0.05) is 44.4 Å². The van der Waals surface area contributed by atoms with Crippen LogP contribution in [-0.2, 0) is 10.2 Å². The summed E-state index contributed by atoms with van der Waals surface area (Å²) in [5, 5.41) is 18.2. The molecule has 8 heteroatoms. The SMILES string of the molecule is O=C(C[C@H]1C[C@@H](O)c2cc(Cl)ccc2O1)NC1CC2(c3csc(-c4ccc(Cl)cc4)n3)CC1C2. The van der Waals surface area contributed by atoms with Crippen molar-refractivity contribution in [2.45, 2.75) is 55.8 Å². The predicted octanol–water partition coefficient (Wildman–Crippen LogP) is 5.93. The molecule has 5 nitrogen and oxygen atoms in total. The van der Waals surface area contributed by atoms with Crippen LogP contribution in [0.1, 0.15) is 49.5 Å². The summed E-state index contributed by atoms with van der Waals surface area (Å²) >= 11 is 13.7. The molecule has 0 saturated heterocycles. The third kappa shape index (κ3) is 4.01. The fourth-order valence-corrected chi connectivity index (χ4v) is 7.05. The van der Waals surface area contributed by atoms with Crippen LogP contribution in [0.15, 0.2) is 47.8 Å². The zero-order chi connectivity index (χ0) is 23.4. The summed E-state index contributed by atoms with van der Waals surface area (Å²) in [6.45, 7) is 0. The number of hydrogen-bond donors (Lipinski definition) is 2. The van der Waals surface area contributed by atoms with Crippen molar-refractivity contribution in [3.05, 3.63) is 69.1 Å². The van der Waals surface area contributed by atoms with E-state index in [1.165, 1.54) is 0 Å². The maximum atomic E-state index is 12.8. The molecule has 4 aliphatic rings.